The SMILES string of the molecule is C/C=C\C=NC(N)=N/C(CC)=C(\C)c1ccc(C)cc1. The van der Waals surface area contributed by atoms with Crippen molar-refractivity contribution < 1.29 is 0 Å². The molecule has 0 saturated heterocycles. The normalized spacial score (nSPS) is 14.1. The number of aryl methyl sites for hydroxylation is 1. The summed E-state index contributed by atoms with van der Waals surface area (Å²) < 4.78 is 0. The first kappa shape index (κ1) is 15.9. The number of rotatable bonds is 4. The molecule has 2 N–H and O–H groups in total. The smallest absolute Gasteiger partial charge is 0.220 e. The maximum atomic E-state index is 5.81. The molecule has 3 heteroatoms. The topological polar surface area (TPSA) is 50.7 Å². The van der Waals surface area contributed by atoms with Crippen LogP contribution in [-0.4, -0.2) is 12.2 Å². The standard InChI is InChI=1S/C17H23N3/c1-5-7-12-19-17(18)20-16(6-2)14(4)15-10-8-13(3)9-11-15/h5,7-12H,6H2,1-4H3,(H2,18,20)/b7-5-,16-14+,19-12?. The Balaban J connectivity index is 3.06. The van der Waals surface area contributed by atoms with Gasteiger partial charge in [0, 0.05) is 11.9 Å². The first-order valence-corrected chi connectivity index (χ1v) is 6.84. The third kappa shape index (κ3) is 4.84. The van der Waals surface area contributed by atoms with Crippen LogP contribution in [0.3, 0.4) is 0 Å². The molecule has 0 heterocycles. The van der Waals surface area contributed by atoms with E-state index < -0.39 is 0 Å². The van der Waals surface area contributed by atoms with Crippen molar-refractivity contribution in [2.24, 2.45) is 15.7 Å². The van der Waals surface area contributed by atoms with E-state index >= 15 is 0 Å². The zero-order valence-electron chi connectivity index (χ0n) is 12.7. The lowest BCUT2D eigenvalue weighted by molar-refractivity contribution is 1.06. The summed E-state index contributed by atoms with van der Waals surface area (Å²) in [5.41, 5.74) is 10.3. The first-order chi connectivity index (χ1) is 9.58. The number of benzene rings is 1. The molecular weight excluding hydrogens is 246 g/mol. The van der Waals surface area contributed by atoms with Crippen molar-refractivity contribution in [2.45, 2.75) is 34.1 Å². The molecule has 0 spiro atoms. The molecule has 1 aromatic carbocycles. The van der Waals surface area contributed by atoms with Gasteiger partial charge in [0.15, 0.2) is 0 Å². The zero-order valence-corrected chi connectivity index (χ0v) is 12.7. The number of nitrogens with two attached hydrogens (primary N) is 1. The summed E-state index contributed by atoms with van der Waals surface area (Å²) in [5.74, 6) is 0.284. The van der Waals surface area contributed by atoms with Crippen molar-refractivity contribution in [2.75, 3.05) is 0 Å². The van der Waals surface area contributed by atoms with Crippen molar-refractivity contribution in [3.05, 3.63) is 53.2 Å². The van der Waals surface area contributed by atoms with Crippen LogP contribution in [0.2, 0.25) is 0 Å². The predicted octanol–water partition coefficient (Wildman–Crippen LogP) is 4.10. The largest absolute Gasteiger partial charge is 0.368 e. The second-order valence-electron chi connectivity index (χ2n) is 4.57. The van der Waals surface area contributed by atoms with E-state index in [2.05, 4.69) is 55.0 Å². The molecule has 20 heavy (non-hydrogen) atoms. The van der Waals surface area contributed by atoms with Crippen LogP contribution >= 0.6 is 0 Å². The van der Waals surface area contributed by atoms with Crippen molar-refractivity contribution in [1.29, 1.82) is 0 Å². The van der Waals surface area contributed by atoms with Gasteiger partial charge < -0.3 is 5.73 Å². The zero-order chi connectivity index (χ0) is 15.0. The van der Waals surface area contributed by atoms with Crippen LogP contribution < -0.4 is 5.73 Å². The van der Waals surface area contributed by atoms with E-state index in [1.54, 1.807) is 6.21 Å². The van der Waals surface area contributed by atoms with E-state index in [1.807, 2.05) is 19.1 Å². The second kappa shape index (κ2) is 8.10. The minimum Gasteiger partial charge on any atom is -0.368 e. The lowest BCUT2D eigenvalue weighted by atomic mass is 10.0. The van der Waals surface area contributed by atoms with Crippen LogP contribution in [0.1, 0.15) is 38.3 Å². The van der Waals surface area contributed by atoms with Gasteiger partial charge in [0.05, 0.1) is 0 Å². The molecule has 0 aliphatic heterocycles. The molecule has 106 valence electrons. The van der Waals surface area contributed by atoms with Crippen LogP contribution in [0.25, 0.3) is 5.57 Å². The molecule has 1 aromatic rings. The number of guanidine groups is 1. The van der Waals surface area contributed by atoms with Gasteiger partial charge in [0.1, 0.15) is 0 Å². The fourth-order valence-electron chi connectivity index (χ4n) is 1.77. The molecule has 0 aliphatic rings. The molecule has 0 fully saturated rings. The first-order valence-electron chi connectivity index (χ1n) is 6.84. The monoisotopic (exact) mass is 269 g/mol. The molecule has 0 aliphatic carbocycles. The van der Waals surface area contributed by atoms with Gasteiger partial charge in [-0.05, 0) is 44.4 Å². The van der Waals surface area contributed by atoms with Gasteiger partial charge in [-0.25, -0.2) is 9.98 Å². The third-order valence-corrected chi connectivity index (χ3v) is 2.99. The van der Waals surface area contributed by atoms with E-state index in [-0.39, 0.29) is 5.96 Å². The van der Waals surface area contributed by atoms with Gasteiger partial charge in [-0.1, -0.05) is 42.8 Å². The summed E-state index contributed by atoms with van der Waals surface area (Å²) >= 11 is 0. The summed E-state index contributed by atoms with van der Waals surface area (Å²) in [6.07, 6.45) is 6.18. The lowest BCUT2D eigenvalue weighted by Crippen LogP contribution is -2.08. The number of aliphatic imine (C=N–C) groups is 2. The number of allylic oxidation sites excluding steroid dienone is 4. The second-order valence-corrected chi connectivity index (χ2v) is 4.57. The number of hydrogen-bond acceptors (Lipinski definition) is 1. The minimum absolute atomic E-state index is 0.284. The Hall–Kier alpha value is -2.16. The summed E-state index contributed by atoms with van der Waals surface area (Å²) in [4.78, 5) is 8.48. The highest BCUT2D eigenvalue weighted by Gasteiger charge is 2.03. The molecule has 0 aromatic heterocycles. The molecule has 0 bridgehead atoms. The fraction of sp³-hybridized carbons (Fsp3) is 0.294. The molecule has 0 atom stereocenters. The molecular formula is C17H23N3. The summed E-state index contributed by atoms with van der Waals surface area (Å²) in [6, 6.07) is 8.41. The lowest BCUT2D eigenvalue weighted by Gasteiger charge is -2.07. The highest BCUT2D eigenvalue weighted by molar-refractivity contribution is 5.90. The van der Waals surface area contributed by atoms with Crippen molar-refractivity contribution in [1.82, 2.24) is 0 Å². The van der Waals surface area contributed by atoms with E-state index in [9.17, 15) is 0 Å². The Morgan fingerprint density at radius 1 is 1.25 bits per heavy atom. The van der Waals surface area contributed by atoms with Crippen LogP contribution in [0.4, 0.5) is 0 Å². The van der Waals surface area contributed by atoms with Gasteiger partial charge in [-0.15, -0.1) is 0 Å². The van der Waals surface area contributed by atoms with Crippen molar-refractivity contribution >= 4 is 17.7 Å². The van der Waals surface area contributed by atoms with E-state index in [0.717, 1.165) is 17.7 Å². The van der Waals surface area contributed by atoms with Gasteiger partial charge in [0.2, 0.25) is 5.96 Å². The van der Waals surface area contributed by atoms with Crippen LogP contribution in [0, 0.1) is 6.92 Å². The number of hydrogen-bond donors (Lipinski definition) is 1. The van der Waals surface area contributed by atoms with Gasteiger partial charge in [-0.2, -0.15) is 0 Å². The molecule has 3 nitrogen and oxygen atoms in total. The van der Waals surface area contributed by atoms with Crippen LogP contribution in [0.5, 0.6) is 0 Å². The highest BCUT2D eigenvalue weighted by atomic mass is 15.0. The Kier molecular flexibility index (Phi) is 6.44. The van der Waals surface area contributed by atoms with Crippen LogP contribution in [0.15, 0.2) is 52.1 Å². The summed E-state index contributed by atoms with van der Waals surface area (Å²) in [5, 5.41) is 0. The quantitative estimate of drug-likeness (QED) is 0.649. The Morgan fingerprint density at radius 3 is 2.45 bits per heavy atom. The average molecular weight is 269 g/mol. The maximum Gasteiger partial charge on any atom is 0.220 e. The molecule has 0 saturated carbocycles. The van der Waals surface area contributed by atoms with Crippen molar-refractivity contribution in [3.63, 3.8) is 0 Å². The Bertz CT molecular complexity index is 546. The molecule has 0 radical (unpaired) electrons. The molecule has 1 rings (SSSR count). The van der Waals surface area contributed by atoms with Gasteiger partial charge in [0.25, 0.3) is 0 Å². The van der Waals surface area contributed by atoms with Crippen LogP contribution in [-0.2, 0) is 0 Å². The predicted molar refractivity (Wildman–Crippen MR) is 89.0 cm³/mol. The highest BCUT2D eigenvalue weighted by Crippen LogP contribution is 2.21. The van der Waals surface area contributed by atoms with Gasteiger partial charge in [-0.3, -0.25) is 0 Å². The van der Waals surface area contributed by atoms with E-state index in [4.69, 9.17) is 5.73 Å². The number of nitrogens with zero attached hydrogens (tertiary/aromatic N) is 2. The van der Waals surface area contributed by atoms with E-state index in [1.165, 1.54) is 11.1 Å². The third-order valence-electron chi connectivity index (χ3n) is 2.99. The summed E-state index contributed by atoms with van der Waals surface area (Å²) in [6.45, 7) is 8.14. The molecule has 0 amide bonds. The Labute approximate surface area is 121 Å². The molecule has 0 unspecified atom stereocenters. The fourth-order valence-corrected chi connectivity index (χ4v) is 1.77. The van der Waals surface area contributed by atoms with Gasteiger partial charge >= 0.3 is 0 Å². The van der Waals surface area contributed by atoms with E-state index in [0.29, 0.717) is 0 Å². The summed E-state index contributed by atoms with van der Waals surface area (Å²) in [7, 11) is 0. The minimum atomic E-state index is 0.284. The maximum absolute atomic E-state index is 5.81. The average Bonchev–Trinajstić information content (AvgIpc) is 2.45. The van der Waals surface area contributed by atoms with Crippen molar-refractivity contribution in [3.8, 4) is 0 Å². The Morgan fingerprint density at radius 2 is 1.90 bits per heavy atom.